The third-order valence-electron chi connectivity index (χ3n) is 3.99. The second-order valence-corrected chi connectivity index (χ2v) is 7.59. The predicted octanol–water partition coefficient (Wildman–Crippen LogP) is 4.35. The van der Waals surface area contributed by atoms with Crippen LogP contribution in [0, 0.1) is 6.92 Å². The summed E-state index contributed by atoms with van der Waals surface area (Å²) in [6, 6.07) is 19.3. The number of hydrogen-bond donors (Lipinski definition) is 2. The van der Waals surface area contributed by atoms with Gasteiger partial charge < -0.3 is 15.2 Å². The molecule has 0 aliphatic carbocycles. The normalized spacial score (nSPS) is 11.6. The number of anilines is 2. The van der Waals surface area contributed by atoms with E-state index in [-0.39, 0.29) is 17.6 Å². The summed E-state index contributed by atoms with van der Waals surface area (Å²) in [5, 5.41) is 8.83. The molecule has 2 N–H and O–H groups in total. The fraction of sp³-hybridized carbons (Fsp3) is 0.190. The van der Waals surface area contributed by atoms with Gasteiger partial charge in [0.15, 0.2) is 5.82 Å². The van der Waals surface area contributed by atoms with Crippen molar-refractivity contribution >= 4 is 35.1 Å². The van der Waals surface area contributed by atoms with Crippen molar-refractivity contribution in [1.29, 1.82) is 0 Å². The van der Waals surface area contributed by atoms with E-state index in [1.54, 1.807) is 19.9 Å². The number of benzene rings is 2. The Labute approximate surface area is 167 Å². The molecule has 0 bridgehead atoms. The second kappa shape index (κ2) is 9.23. The van der Waals surface area contributed by atoms with Gasteiger partial charge in [0.2, 0.25) is 11.8 Å². The zero-order valence-corrected chi connectivity index (χ0v) is 16.5. The van der Waals surface area contributed by atoms with E-state index in [2.05, 4.69) is 15.8 Å². The molecule has 0 saturated carbocycles. The van der Waals surface area contributed by atoms with Gasteiger partial charge in [-0.2, -0.15) is 0 Å². The van der Waals surface area contributed by atoms with Crippen molar-refractivity contribution in [3.8, 4) is 11.1 Å². The highest BCUT2D eigenvalue weighted by molar-refractivity contribution is 8.01. The zero-order valence-electron chi connectivity index (χ0n) is 15.6. The summed E-state index contributed by atoms with van der Waals surface area (Å²) in [5.74, 6) is 0.784. The van der Waals surface area contributed by atoms with Gasteiger partial charge in [-0.15, -0.1) is 11.8 Å². The van der Waals surface area contributed by atoms with Crippen LogP contribution in [0.25, 0.3) is 11.1 Å². The van der Waals surface area contributed by atoms with Crippen molar-refractivity contribution < 1.29 is 14.1 Å². The number of aryl methyl sites for hydroxylation is 1. The zero-order chi connectivity index (χ0) is 19.9. The molecule has 6 nitrogen and oxygen atoms in total. The van der Waals surface area contributed by atoms with Crippen molar-refractivity contribution in [3.05, 3.63) is 66.4 Å². The lowest BCUT2D eigenvalue weighted by atomic mass is 10.1. The van der Waals surface area contributed by atoms with Gasteiger partial charge in [0, 0.05) is 11.8 Å². The largest absolute Gasteiger partial charge is 0.360 e. The molecule has 0 spiro atoms. The highest BCUT2D eigenvalue weighted by Crippen LogP contribution is 2.21. The maximum absolute atomic E-state index is 12.2. The van der Waals surface area contributed by atoms with E-state index in [0.717, 1.165) is 16.8 Å². The monoisotopic (exact) mass is 395 g/mol. The van der Waals surface area contributed by atoms with Crippen molar-refractivity contribution in [3.63, 3.8) is 0 Å². The van der Waals surface area contributed by atoms with Crippen LogP contribution < -0.4 is 10.6 Å². The fourth-order valence-electron chi connectivity index (χ4n) is 2.50. The van der Waals surface area contributed by atoms with E-state index in [4.69, 9.17) is 4.52 Å². The molecule has 1 heterocycles. The van der Waals surface area contributed by atoms with Crippen molar-refractivity contribution in [2.45, 2.75) is 19.1 Å². The Kier molecular flexibility index (Phi) is 6.49. The van der Waals surface area contributed by atoms with Gasteiger partial charge in [-0.3, -0.25) is 9.59 Å². The standard InChI is InChI=1S/C21H21N3O3S/c1-14-12-19(24-27-14)23-21(26)15(2)28-13-20(25)22-18-10-8-17(9-11-18)16-6-4-3-5-7-16/h3-12,15H,13H2,1-2H3,(H,22,25)(H,23,24,26). The van der Waals surface area contributed by atoms with Gasteiger partial charge in [0.1, 0.15) is 5.76 Å². The van der Waals surface area contributed by atoms with Crippen molar-refractivity contribution in [1.82, 2.24) is 5.16 Å². The number of nitrogens with one attached hydrogen (secondary N) is 2. The van der Waals surface area contributed by atoms with Crippen LogP contribution in [0.4, 0.5) is 11.5 Å². The van der Waals surface area contributed by atoms with Crippen LogP contribution in [0.3, 0.4) is 0 Å². The van der Waals surface area contributed by atoms with Crippen molar-refractivity contribution in [2.24, 2.45) is 0 Å². The second-order valence-electron chi connectivity index (χ2n) is 6.26. The van der Waals surface area contributed by atoms with Crippen molar-refractivity contribution in [2.75, 3.05) is 16.4 Å². The van der Waals surface area contributed by atoms with Gasteiger partial charge in [-0.05, 0) is 37.1 Å². The molecule has 0 aliphatic rings. The smallest absolute Gasteiger partial charge is 0.238 e. The summed E-state index contributed by atoms with van der Waals surface area (Å²) in [6.45, 7) is 3.49. The van der Waals surface area contributed by atoms with E-state index < -0.39 is 5.25 Å². The van der Waals surface area contributed by atoms with E-state index in [1.807, 2.05) is 54.6 Å². The van der Waals surface area contributed by atoms with E-state index in [9.17, 15) is 9.59 Å². The summed E-state index contributed by atoms with van der Waals surface area (Å²) >= 11 is 1.26. The topological polar surface area (TPSA) is 84.2 Å². The third-order valence-corrected chi connectivity index (χ3v) is 5.13. The first-order chi connectivity index (χ1) is 13.5. The molecular formula is C21H21N3O3S. The molecular weight excluding hydrogens is 374 g/mol. The minimum Gasteiger partial charge on any atom is -0.360 e. The SMILES string of the molecule is Cc1cc(NC(=O)C(C)SCC(=O)Nc2ccc(-c3ccccc3)cc2)no1. The molecule has 1 unspecified atom stereocenters. The van der Waals surface area contributed by atoms with Crippen LogP contribution in [0.5, 0.6) is 0 Å². The predicted molar refractivity (Wildman–Crippen MR) is 112 cm³/mol. The van der Waals surface area contributed by atoms with Crippen LogP contribution >= 0.6 is 11.8 Å². The molecule has 2 amide bonds. The third kappa shape index (κ3) is 5.47. The van der Waals surface area contributed by atoms with Gasteiger partial charge in [0.25, 0.3) is 0 Å². The number of carbonyl (C=O) groups is 2. The van der Waals surface area contributed by atoms with Gasteiger partial charge in [0.05, 0.1) is 11.0 Å². The maximum atomic E-state index is 12.2. The van der Waals surface area contributed by atoms with Crippen LogP contribution in [0.15, 0.2) is 65.2 Å². The van der Waals surface area contributed by atoms with Crippen LogP contribution in [-0.4, -0.2) is 28.0 Å². The highest BCUT2D eigenvalue weighted by atomic mass is 32.2. The Morgan fingerprint density at radius 1 is 1.04 bits per heavy atom. The van der Waals surface area contributed by atoms with Crippen LogP contribution in [0.2, 0.25) is 0 Å². The average molecular weight is 395 g/mol. The summed E-state index contributed by atoms with van der Waals surface area (Å²) in [4.78, 5) is 24.3. The molecule has 0 radical (unpaired) electrons. The van der Waals surface area contributed by atoms with Crippen LogP contribution in [0.1, 0.15) is 12.7 Å². The van der Waals surface area contributed by atoms with Crippen LogP contribution in [-0.2, 0) is 9.59 Å². The summed E-state index contributed by atoms with van der Waals surface area (Å²) in [5.41, 5.74) is 2.93. The van der Waals surface area contributed by atoms with Gasteiger partial charge in [-0.1, -0.05) is 47.6 Å². The lowest BCUT2D eigenvalue weighted by Gasteiger charge is -2.11. The average Bonchev–Trinajstić information content (AvgIpc) is 3.12. The molecule has 3 rings (SSSR count). The lowest BCUT2D eigenvalue weighted by molar-refractivity contribution is -0.115. The van der Waals surface area contributed by atoms with E-state index in [1.165, 1.54) is 11.8 Å². The molecule has 1 atom stereocenters. The summed E-state index contributed by atoms with van der Waals surface area (Å²) < 4.78 is 4.91. The molecule has 144 valence electrons. The number of aromatic nitrogens is 1. The van der Waals surface area contributed by atoms with E-state index in [0.29, 0.717) is 11.6 Å². The Morgan fingerprint density at radius 2 is 1.71 bits per heavy atom. The highest BCUT2D eigenvalue weighted by Gasteiger charge is 2.17. The minimum absolute atomic E-state index is 0.158. The van der Waals surface area contributed by atoms with E-state index >= 15 is 0 Å². The quantitative estimate of drug-likeness (QED) is 0.621. The molecule has 28 heavy (non-hydrogen) atoms. The first-order valence-corrected chi connectivity index (χ1v) is 9.87. The summed E-state index contributed by atoms with van der Waals surface area (Å²) in [6.07, 6.45) is 0. The Hall–Kier alpha value is -3.06. The first kappa shape index (κ1) is 19.7. The Balaban J connectivity index is 1.46. The number of carbonyl (C=O) groups excluding carboxylic acids is 2. The Bertz CT molecular complexity index is 939. The van der Waals surface area contributed by atoms with Gasteiger partial charge >= 0.3 is 0 Å². The minimum atomic E-state index is -0.400. The summed E-state index contributed by atoms with van der Waals surface area (Å²) in [7, 11) is 0. The molecule has 1 aromatic heterocycles. The Morgan fingerprint density at radius 3 is 2.36 bits per heavy atom. The molecule has 0 fully saturated rings. The number of amides is 2. The fourth-order valence-corrected chi connectivity index (χ4v) is 3.19. The van der Waals surface area contributed by atoms with Gasteiger partial charge in [-0.25, -0.2) is 0 Å². The number of thioether (sulfide) groups is 1. The number of hydrogen-bond acceptors (Lipinski definition) is 5. The lowest BCUT2D eigenvalue weighted by Crippen LogP contribution is -2.25. The molecule has 0 aliphatic heterocycles. The maximum Gasteiger partial charge on any atom is 0.238 e. The molecule has 7 heteroatoms. The number of rotatable bonds is 7. The first-order valence-electron chi connectivity index (χ1n) is 8.82. The molecule has 2 aromatic carbocycles. The number of nitrogens with zero attached hydrogens (tertiary/aromatic N) is 1. The molecule has 0 saturated heterocycles. The molecule has 3 aromatic rings.